The van der Waals surface area contributed by atoms with Crippen LogP contribution in [-0.4, -0.2) is 38.3 Å². The number of nitrogens with zero attached hydrogens (tertiary/aromatic N) is 3. The van der Waals surface area contributed by atoms with E-state index in [9.17, 15) is 9.59 Å². The molecule has 0 spiro atoms. The number of rotatable bonds is 7. The zero-order valence-electron chi connectivity index (χ0n) is 17.7. The number of benzene rings is 2. The van der Waals surface area contributed by atoms with Crippen LogP contribution in [0.5, 0.6) is 5.75 Å². The molecular weight excluding hydrogens is 456 g/mol. The van der Waals surface area contributed by atoms with Crippen LogP contribution >= 0.6 is 23.1 Å². The molecule has 1 unspecified atom stereocenters. The van der Waals surface area contributed by atoms with E-state index in [2.05, 4.69) is 21.6 Å². The van der Waals surface area contributed by atoms with E-state index in [0.29, 0.717) is 28.6 Å². The zero-order valence-corrected chi connectivity index (χ0v) is 19.4. The molecule has 0 saturated heterocycles. The molecule has 0 aliphatic carbocycles. The van der Waals surface area contributed by atoms with Crippen LogP contribution in [0.1, 0.15) is 28.0 Å². The van der Waals surface area contributed by atoms with Crippen LogP contribution in [0.4, 0.5) is 5.69 Å². The molecule has 0 radical (unpaired) electrons. The molecule has 2 aromatic heterocycles. The van der Waals surface area contributed by atoms with Gasteiger partial charge in [-0.1, -0.05) is 36.0 Å². The van der Waals surface area contributed by atoms with E-state index in [4.69, 9.17) is 4.74 Å². The Bertz CT molecular complexity index is 1300. The molecule has 0 fully saturated rings. The highest BCUT2D eigenvalue weighted by molar-refractivity contribution is 8.00. The average molecular weight is 477 g/mol. The summed E-state index contributed by atoms with van der Waals surface area (Å²) in [6, 6.07) is 19.1. The average Bonchev–Trinajstić information content (AvgIpc) is 3.49. The Morgan fingerprint density at radius 3 is 2.82 bits per heavy atom. The number of carbonyl (C=O) groups is 2. The van der Waals surface area contributed by atoms with Gasteiger partial charge in [-0.3, -0.25) is 14.2 Å². The first-order valence-corrected chi connectivity index (χ1v) is 12.1. The number of hydrogen-bond donors (Lipinski definition) is 1. The van der Waals surface area contributed by atoms with Crippen LogP contribution in [-0.2, 0) is 11.2 Å². The molecule has 1 atom stereocenters. The van der Waals surface area contributed by atoms with E-state index >= 15 is 0 Å². The number of thiophene rings is 1. The third-order valence-corrected chi connectivity index (χ3v) is 7.09. The van der Waals surface area contributed by atoms with E-state index in [-0.39, 0.29) is 18.3 Å². The molecule has 1 N–H and O–H groups in total. The van der Waals surface area contributed by atoms with Crippen LogP contribution in [0.15, 0.2) is 71.2 Å². The number of ketones is 1. The molecule has 0 bridgehead atoms. The van der Waals surface area contributed by atoms with Gasteiger partial charge in [-0.25, -0.2) is 0 Å². The normalized spacial score (nSPS) is 13.7. The van der Waals surface area contributed by atoms with E-state index in [1.807, 2.05) is 53.3 Å². The molecular formula is C24H20N4O3S2. The summed E-state index contributed by atoms with van der Waals surface area (Å²) in [4.78, 5) is 26.0. The maximum Gasteiger partial charge on any atom is 0.262 e. The van der Waals surface area contributed by atoms with Gasteiger partial charge in [-0.05, 0) is 48.7 Å². The summed E-state index contributed by atoms with van der Waals surface area (Å²) in [5.41, 5.74) is 1.97. The maximum atomic E-state index is 13.2. The maximum absolute atomic E-state index is 13.2. The van der Waals surface area contributed by atoms with Gasteiger partial charge in [-0.15, -0.1) is 21.5 Å². The minimum absolute atomic E-state index is 0.0184. The van der Waals surface area contributed by atoms with Crippen molar-refractivity contribution in [2.45, 2.75) is 23.8 Å². The number of anilines is 1. The smallest absolute Gasteiger partial charge is 0.262 e. The molecule has 7 nitrogen and oxygen atoms in total. The van der Waals surface area contributed by atoms with Crippen LogP contribution in [0.3, 0.4) is 0 Å². The number of thioether (sulfide) groups is 1. The minimum atomic E-state index is -0.412. The Kier molecular flexibility index (Phi) is 5.97. The second-order valence-electron chi connectivity index (χ2n) is 7.50. The molecule has 1 aliphatic rings. The fraction of sp³-hybridized carbons (Fsp3) is 0.167. The number of hydrogen-bond acceptors (Lipinski definition) is 7. The fourth-order valence-corrected chi connectivity index (χ4v) is 5.24. The SMILES string of the molecule is CC(Sc1nnc(Cc2cccs2)n1-c1ccccc1)C(=O)c1ccc2c(c1)NC(=O)CO2. The quantitative estimate of drug-likeness (QED) is 0.310. The van der Waals surface area contributed by atoms with Crippen molar-refractivity contribution in [2.75, 3.05) is 11.9 Å². The number of para-hydroxylation sites is 1. The van der Waals surface area contributed by atoms with Crippen LogP contribution in [0.2, 0.25) is 0 Å². The van der Waals surface area contributed by atoms with E-state index in [1.54, 1.807) is 29.5 Å². The predicted molar refractivity (Wildman–Crippen MR) is 129 cm³/mol. The number of aromatic nitrogens is 3. The van der Waals surface area contributed by atoms with Crippen molar-refractivity contribution in [2.24, 2.45) is 0 Å². The van der Waals surface area contributed by atoms with Crippen molar-refractivity contribution in [3.05, 3.63) is 82.3 Å². The molecule has 33 heavy (non-hydrogen) atoms. The molecule has 9 heteroatoms. The largest absolute Gasteiger partial charge is 0.482 e. The van der Waals surface area contributed by atoms with Gasteiger partial charge in [0.2, 0.25) is 0 Å². The summed E-state index contributed by atoms with van der Waals surface area (Å²) in [6.45, 7) is 1.83. The molecule has 1 amide bonds. The lowest BCUT2D eigenvalue weighted by molar-refractivity contribution is -0.118. The summed E-state index contributed by atoms with van der Waals surface area (Å²) < 4.78 is 7.40. The number of carbonyl (C=O) groups excluding carboxylic acids is 2. The van der Waals surface area contributed by atoms with Crippen molar-refractivity contribution in [1.82, 2.24) is 14.8 Å². The van der Waals surface area contributed by atoms with Crippen molar-refractivity contribution in [3.63, 3.8) is 0 Å². The monoisotopic (exact) mass is 476 g/mol. The second-order valence-corrected chi connectivity index (χ2v) is 9.84. The van der Waals surface area contributed by atoms with Gasteiger partial charge in [0.05, 0.1) is 10.9 Å². The highest BCUT2D eigenvalue weighted by atomic mass is 32.2. The number of amides is 1. The van der Waals surface area contributed by atoms with Crippen molar-refractivity contribution >= 4 is 40.5 Å². The Labute approximate surface area is 198 Å². The van der Waals surface area contributed by atoms with E-state index < -0.39 is 5.25 Å². The summed E-state index contributed by atoms with van der Waals surface area (Å²) in [5.74, 6) is 1.08. The highest BCUT2D eigenvalue weighted by Gasteiger charge is 2.24. The van der Waals surface area contributed by atoms with E-state index in [1.165, 1.54) is 16.6 Å². The number of fused-ring (bicyclic) bond motifs is 1. The van der Waals surface area contributed by atoms with Crippen LogP contribution in [0.25, 0.3) is 5.69 Å². The first kappa shape index (κ1) is 21.4. The summed E-state index contributed by atoms with van der Waals surface area (Å²) in [5, 5.41) is 13.9. The van der Waals surface area contributed by atoms with Gasteiger partial charge >= 0.3 is 0 Å². The molecule has 3 heterocycles. The number of Topliss-reactive ketones (excluding diaryl/α,β-unsaturated/α-hetero) is 1. The summed E-state index contributed by atoms with van der Waals surface area (Å²) in [7, 11) is 0. The summed E-state index contributed by atoms with van der Waals surface area (Å²) in [6.07, 6.45) is 0.660. The van der Waals surface area contributed by atoms with Crippen molar-refractivity contribution < 1.29 is 14.3 Å². The number of ether oxygens (including phenoxy) is 1. The third kappa shape index (κ3) is 4.55. The molecule has 1 aliphatic heterocycles. The van der Waals surface area contributed by atoms with Crippen LogP contribution in [0, 0.1) is 0 Å². The second kappa shape index (κ2) is 9.21. The lowest BCUT2D eigenvalue weighted by Gasteiger charge is -2.19. The first-order chi connectivity index (χ1) is 16.1. The van der Waals surface area contributed by atoms with E-state index in [0.717, 1.165) is 11.5 Å². The standard InChI is InChI=1S/C24H20N4O3S2/c1-15(23(30)16-9-10-20-19(12-16)25-22(29)14-31-20)33-24-27-26-21(13-18-8-5-11-32-18)28(24)17-6-3-2-4-7-17/h2-12,15H,13-14H2,1H3,(H,25,29). The fourth-order valence-electron chi connectivity index (χ4n) is 3.58. The van der Waals surface area contributed by atoms with Gasteiger partial charge in [0.15, 0.2) is 17.5 Å². The molecule has 5 rings (SSSR count). The third-order valence-electron chi connectivity index (χ3n) is 5.18. The lowest BCUT2D eigenvalue weighted by Crippen LogP contribution is -2.25. The van der Waals surface area contributed by atoms with Crippen molar-refractivity contribution in [3.8, 4) is 11.4 Å². The van der Waals surface area contributed by atoms with Crippen molar-refractivity contribution in [1.29, 1.82) is 0 Å². The van der Waals surface area contributed by atoms with Crippen LogP contribution < -0.4 is 10.1 Å². The van der Waals surface area contributed by atoms with Gasteiger partial charge in [0.25, 0.3) is 5.91 Å². The van der Waals surface area contributed by atoms with Gasteiger partial charge < -0.3 is 10.1 Å². The minimum Gasteiger partial charge on any atom is -0.482 e. The van der Waals surface area contributed by atoms with Gasteiger partial charge in [-0.2, -0.15) is 0 Å². The topological polar surface area (TPSA) is 86.1 Å². The molecule has 4 aromatic rings. The molecule has 166 valence electrons. The number of nitrogens with one attached hydrogen (secondary N) is 1. The van der Waals surface area contributed by atoms with Gasteiger partial charge in [0, 0.05) is 22.5 Å². The Hall–Kier alpha value is -3.43. The van der Waals surface area contributed by atoms with Gasteiger partial charge in [0.1, 0.15) is 11.6 Å². The Morgan fingerprint density at radius 2 is 2.03 bits per heavy atom. The highest BCUT2D eigenvalue weighted by Crippen LogP contribution is 2.32. The zero-order chi connectivity index (χ0) is 22.8. The first-order valence-electron chi connectivity index (χ1n) is 10.4. The summed E-state index contributed by atoms with van der Waals surface area (Å²) >= 11 is 3.04. The predicted octanol–water partition coefficient (Wildman–Crippen LogP) is 4.61. The Morgan fingerprint density at radius 1 is 1.18 bits per heavy atom. The molecule has 0 saturated carbocycles. The Balaban J connectivity index is 1.42. The molecule has 2 aromatic carbocycles. The lowest BCUT2D eigenvalue weighted by atomic mass is 10.1.